The minimum atomic E-state index is -0.779. The van der Waals surface area contributed by atoms with Crippen molar-refractivity contribution in [1.82, 2.24) is 9.88 Å². The SMILES string of the molecule is C=CCOc1ccc(/C(O)=C2\C(=O)C(=O)N(Cc3cccnc3)[C@@H]2c2ccc(Cl)cc2)cc1. The lowest BCUT2D eigenvalue weighted by molar-refractivity contribution is -0.140. The zero-order chi connectivity index (χ0) is 23.4. The molecule has 0 unspecified atom stereocenters. The number of halogens is 1. The number of nitrogens with zero attached hydrogens (tertiary/aromatic N) is 2. The molecule has 6 nitrogen and oxygen atoms in total. The molecule has 166 valence electrons. The van der Waals surface area contributed by atoms with Crippen molar-refractivity contribution < 1.29 is 19.4 Å². The van der Waals surface area contributed by atoms with E-state index in [1.54, 1.807) is 73.1 Å². The molecule has 4 rings (SSSR count). The first-order valence-corrected chi connectivity index (χ1v) is 10.6. The molecule has 3 aromatic rings. The van der Waals surface area contributed by atoms with E-state index in [2.05, 4.69) is 11.6 Å². The summed E-state index contributed by atoms with van der Waals surface area (Å²) in [5, 5.41) is 11.7. The van der Waals surface area contributed by atoms with Crippen LogP contribution in [0.2, 0.25) is 5.02 Å². The third-order valence-electron chi connectivity index (χ3n) is 5.30. The van der Waals surface area contributed by atoms with E-state index in [1.807, 2.05) is 6.07 Å². The van der Waals surface area contributed by atoms with Crippen LogP contribution in [0, 0.1) is 0 Å². The van der Waals surface area contributed by atoms with Gasteiger partial charge < -0.3 is 14.7 Å². The van der Waals surface area contributed by atoms with Gasteiger partial charge in [0.15, 0.2) is 0 Å². The summed E-state index contributed by atoms with van der Waals surface area (Å²) in [5.74, 6) is -1.09. The number of hydrogen-bond acceptors (Lipinski definition) is 5. The standard InChI is InChI=1S/C26H21ClN2O4/c1-2-14-33-21-11-7-19(8-12-21)24(30)22-23(18-5-9-20(27)10-6-18)29(26(32)25(22)31)16-17-4-3-13-28-15-17/h2-13,15,23,30H,1,14,16H2/b24-22+/t23-/m1/s1. The molecule has 1 N–H and O–H groups in total. The summed E-state index contributed by atoms with van der Waals surface area (Å²) in [6.07, 6.45) is 4.90. The molecule has 1 aromatic heterocycles. The third kappa shape index (κ3) is 4.66. The first kappa shape index (κ1) is 22.3. The molecular formula is C26H21ClN2O4. The molecule has 0 bridgehead atoms. The van der Waals surface area contributed by atoms with Crippen LogP contribution in [-0.4, -0.2) is 33.3 Å². The molecule has 1 fully saturated rings. The zero-order valence-electron chi connectivity index (χ0n) is 17.6. The van der Waals surface area contributed by atoms with Crippen molar-refractivity contribution in [2.24, 2.45) is 0 Å². The van der Waals surface area contributed by atoms with Gasteiger partial charge >= 0.3 is 0 Å². The Morgan fingerprint density at radius 2 is 1.85 bits per heavy atom. The molecular weight excluding hydrogens is 440 g/mol. The summed E-state index contributed by atoms with van der Waals surface area (Å²) in [4.78, 5) is 31.7. The molecule has 1 atom stereocenters. The largest absolute Gasteiger partial charge is 0.507 e. The first-order valence-electron chi connectivity index (χ1n) is 10.3. The summed E-state index contributed by atoms with van der Waals surface area (Å²) >= 11 is 6.05. The molecule has 0 spiro atoms. The lowest BCUT2D eigenvalue weighted by Crippen LogP contribution is -2.29. The van der Waals surface area contributed by atoms with Crippen molar-refractivity contribution >= 4 is 29.1 Å². The van der Waals surface area contributed by atoms with Crippen LogP contribution in [-0.2, 0) is 16.1 Å². The van der Waals surface area contributed by atoms with E-state index < -0.39 is 17.7 Å². The number of aliphatic hydroxyl groups excluding tert-OH is 1. The van der Waals surface area contributed by atoms with Crippen molar-refractivity contribution in [3.8, 4) is 5.75 Å². The average Bonchev–Trinajstić information content (AvgIpc) is 3.08. The number of pyridine rings is 1. The molecule has 1 aliphatic rings. The molecule has 2 aromatic carbocycles. The van der Waals surface area contributed by atoms with Gasteiger partial charge in [0.05, 0.1) is 11.6 Å². The molecule has 0 radical (unpaired) electrons. The molecule has 1 saturated heterocycles. The number of carbonyl (C=O) groups is 2. The molecule has 0 saturated carbocycles. The van der Waals surface area contributed by atoms with Crippen molar-refractivity contribution in [1.29, 1.82) is 0 Å². The van der Waals surface area contributed by atoms with Gasteiger partial charge in [-0.15, -0.1) is 0 Å². The van der Waals surface area contributed by atoms with E-state index in [0.29, 0.717) is 28.5 Å². The number of ketones is 1. The van der Waals surface area contributed by atoms with Gasteiger partial charge in [0.2, 0.25) is 0 Å². The highest BCUT2D eigenvalue weighted by Crippen LogP contribution is 2.40. The van der Waals surface area contributed by atoms with E-state index in [9.17, 15) is 14.7 Å². The maximum absolute atomic E-state index is 13.1. The fourth-order valence-electron chi connectivity index (χ4n) is 3.74. The fraction of sp³-hybridized carbons (Fsp3) is 0.115. The Kier molecular flexibility index (Phi) is 6.56. The van der Waals surface area contributed by atoms with Crippen LogP contribution in [0.5, 0.6) is 5.75 Å². The average molecular weight is 461 g/mol. The molecule has 33 heavy (non-hydrogen) atoms. The first-order chi connectivity index (χ1) is 16.0. The van der Waals surface area contributed by atoms with Crippen molar-refractivity contribution in [2.75, 3.05) is 6.61 Å². The van der Waals surface area contributed by atoms with Gasteiger partial charge in [-0.25, -0.2) is 0 Å². The van der Waals surface area contributed by atoms with Crippen molar-refractivity contribution in [3.63, 3.8) is 0 Å². The smallest absolute Gasteiger partial charge is 0.295 e. The van der Waals surface area contributed by atoms with Crippen LogP contribution in [0.1, 0.15) is 22.7 Å². The van der Waals surface area contributed by atoms with Gasteiger partial charge in [0, 0.05) is 29.5 Å². The quantitative estimate of drug-likeness (QED) is 0.234. The second-order valence-corrected chi connectivity index (χ2v) is 7.90. The van der Waals surface area contributed by atoms with E-state index in [4.69, 9.17) is 16.3 Å². The second kappa shape index (κ2) is 9.71. The van der Waals surface area contributed by atoms with E-state index in [1.165, 1.54) is 4.90 Å². The highest BCUT2D eigenvalue weighted by molar-refractivity contribution is 6.46. The number of likely N-dealkylation sites (tertiary alicyclic amines) is 1. The molecule has 1 amide bonds. The Hall–Kier alpha value is -3.90. The predicted octanol–water partition coefficient (Wildman–Crippen LogP) is 4.92. The topological polar surface area (TPSA) is 79.7 Å². The van der Waals surface area contributed by atoms with Gasteiger partial charge in [-0.3, -0.25) is 14.6 Å². The van der Waals surface area contributed by atoms with E-state index in [0.717, 1.165) is 5.56 Å². The summed E-state index contributed by atoms with van der Waals surface area (Å²) in [7, 11) is 0. The number of aromatic nitrogens is 1. The number of hydrogen-bond donors (Lipinski definition) is 1. The van der Waals surface area contributed by atoms with Crippen LogP contribution in [0.4, 0.5) is 0 Å². The lowest BCUT2D eigenvalue weighted by Gasteiger charge is -2.25. The third-order valence-corrected chi connectivity index (χ3v) is 5.55. The minimum absolute atomic E-state index is 0.0194. The van der Waals surface area contributed by atoms with Gasteiger partial charge in [0.25, 0.3) is 11.7 Å². The summed E-state index contributed by atoms with van der Waals surface area (Å²) < 4.78 is 5.48. The van der Waals surface area contributed by atoms with E-state index >= 15 is 0 Å². The van der Waals surface area contributed by atoms with Gasteiger partial charge in [0.1, 0.15) is 18.1 Å². The summed E-state index contributed by atoms with van der Waals surface area (Å²) in [6, 6.07) is 16.3. The molecule has 0 aliphatic carbocycles. The number of carbonyl (C=O) groups excluding carboxylic acids is 2. The Morgan fingerprint density at radius 3 is 2.48 bits per heavy atom. The molecule has 1 aliphatic heterocycles. The van der Waals surface area contributed by atoms with Crippen LogP contribution < -0.4 is 4.74 Å². The highest BCUT2D eigenvalue weighted by Gasteiger charge is 2.46. The van der Waals surface area contributed by atoms with Gasteiger partial charge in [-0.05, 0) is 53.6 Å². The molecule has 7 heteroatoms. The Bertz CT molecular complexity index is 1210. The monoisotopic (exact) mass is 460 g/mol. The zero-order valence-corrected chi connectivity index (χ0v) is 18.4. The van der Waals surface area contributed by atoms with Gasteiger partial charge in [-0.1, -0.05) is 42.5 Å². The number of rotatable bonds is 7. The number of benzene rings is 2. The summed E-state index contributed by atoms with van der Waals surface area (Å²) in [5.41, 5.74) is 1.85. The van der Waals surface area contributed by atoms with Crippen LogP contribution in [0.3, 0.4) is 0 Å². The Morgan fingerprint density at radius 1 is 1.12 bits per heavy atom. The fourth-order valence-corrected chi connectivity index (χ4v) is 3.87. The second-order valence-electron chi connectivity index (χ2n) is 7.46. The normalized spacial score (nSPS) is 17.2. The predicted molar refractivity (Wildman–Crippen MR) is 126 cm³/mol. The molecule has 2 heterocycles. The van der Waals surface area contributed by atoms with Crippen molar-refractivity contribution in [2.45, 2.75) is 12.6 Å². The van der Waals surface area contributed by atoms with Gasteiger partial charge in [-0.2, -0.15) is 0 Å². The minimum Gasteiger partial charge on any atom is -0.507 e. The maximum atomic E-state index is 13.1. The Balaban J connectivity index is 1.78. The highest BCUT2D eigenvalue weighted by atomic mass is 35.5. The number of Topliss-reactive ketones (excluding diaryl/α,β-unsaturated/α-hetero) is 1. The number of amides is 1. The van der Waals surface area contributed by atoms with Crippen LogP contribution in [0.15, 0.2) is 91.3 Å². The lowest BCUT2D eigenvalue weighted by atomic mass is 9.95. The Labute approximate surface area is 196 Å². The van der Waals surface area contributed by atoms with Crippen LogP contribution in [0.25, 0.3) is 5.76 Å². The summed E-state index contributed by atoms with van der Waals surface area (Å²) in [6.45, 7) is 4.12. The maximum Gasteiger partial charge on any atom is 0.295 e. The van der Waals surface area contributed by atoms with Crippen molar-refractivity contribution in [3.05, 3.63) is 113 Å². The van der Waals surface area contributed by atoms with E-state index in [-0.39, 0.29) is 17.9 Å². The number of ether oxygens (including phenoxy) is 1. The number of aliphatic hydroxyl groups is 1. The van der Waals surface area contributed by atoms with Crippen LogP contribution >= 0.6 is 11.6 Å².